The summed E-state index contributed by atoms with van der Waals surface area (Å²) in [4.78, 5) is 14.4. The monoisotopic (exact) mass is 322 g/mol. The van der Waals surface area contributed by atoms with Crippen LogP contribution in [0.5, 0.6) is 5.88 Å². The number of amides is 1. The Hall–Kier alpha value is -2.94. The van der Waals surface area contributed by atoms with Crippen LogP contribution in [0.1, 0.15) is 34.5 Å². The van der Waals surface area contributed by atoms with Crippen LogP contribution in [0.2, 0.25) is 0 Å². The third kappa shape index (κ3) is 3.69. The molecule has 0 bridgehead atoms. The van der Waals surface area contributed by atoms with Gasteiger partial charge >= 0.3 is 0 Å². The molecule has 3 rings (SSSR count). The number of carbonyl (C=O) groups excluding carboxylic acids is 1. The van der Waals surface area contributed by atoms with Gasteiger partial charge in [-0.3, -0.25) is 4.79 Å². The number of hydrogen-bond donors (Lipinski definition) is 0. The zero-order chi connectivity index (χ0) is 16.9. The quantitative estimate of drug-likeness (QED) is 0.866. The minimum Gasteiger partial charge on any atom is -0.471 e. The van der Waals surface area contributed by atoms with Gasteiger partial charge in [0.25, 0.3) is 5.91 Å². The SMILES string of the molecule is Cc1ccc(O[C@@H]2CCCN(C(=O)c3cccc(C#N)c3)C2)nn1. The Morgan fingerprint density at radius 1 is 1.33 bits per heavy atom. The normalized spacial score (nSPS) is 17.2. The smallest absolute Gasteiger partial charge is 0.254 e. The first-order valence-electron chi connectivity index (χ1n) is 7.92. The van der Waals surface area contributed by atoms with Crippen LogP contribution in [0.4, 0.5) is 0 Å². The summed E-state index contributed by atoms with van der Waals surface area (Å²) < 4.78 is 5.85. The maximum absolute atomic E-state index is 12.6. The van der Waals surface area contributed by atoms with Crippen LogP contribution in [-0.2, 0) is 0 Å². The molecule has 6 nitrogen and oxygen atoms in total. The lowest BCUT2D eigenvalue weighted by Crippen LogP contribution is -2.44. The Labute approximate surface area is 140 Å². The summed E-state index contributed by atoms with van der Waals surface area (Å²) in [7, 11) is 0. The van der Waals surface area contributed by atoms with E-state index >= 15 is 0 Å². The van der Waals surface area contributed by atoms with Gasteiger partial charge in [-0.05, 0) is 44.0 Å². The van der Waals surface area contributed by atoms with Crippen LogP contribution >= 0.6 is 0 Å². The Kier molecular flexibility index (Phi) is 4.71. The Bertz CT molecular complexity index is 767. The van der Waals surface area contributed by atoms with Crippen molar-refractivity contribution < 1.29 is 9.53 Å². The van der Waals surface area contributed by atoms with Crippen LogP contribution < -0.4 is 4.74 Å². The van der Waals surface area contributed by atoms with E-state index in [-0.39, 0.29) is 12.0 Å². The molecule has 1 aromatic heterocycles. The average Bonchev–Trinajstić information content (AvgIpc) is 2.63. The average molecular weight is 322 g/mol. The second-order valence-electron chi connectivity index (χ2n) is 5.84. The van der Waals surface area contributed by atoms with Gasteiger partial charge in [0.2, 0.25) is 5.88 Å². The number of nitrogens with zero attached hydrogens (tertiary/aromatic N) is 4. The lowest BCUT2D eigenvalue weighted by Gasteiger charge is -2.32. The van der Waals surface area contributed by atoms with Crippen LogP contribution in [0.15, 0.2) is 36.4 Å². The van der Waals surface area contributed by atoms with Crippen molar-refractivity contribution in [3.05, 3.63) is 53.2 Å². The van der Waals surface area contributed by atoms with Gasteiger partial charge in [0.1, 0.15) is 6.10 Å². The Morgan fingerprint density at radius 2 is 2.21 bits per heavy atom. The molecule has 1 atom stereocenters. The molecule has 1 aromatic carbocycles. The summed E-state index contributed by atoms with van der Waals surface area (Å²) in [6.45, 7) is 3.06. The Morgan fingerprint density at radius 3 is 2.96 bits per heavy atom. The number of rotatable bonds is 3. The van der Waals surface area contributed by atoms with E-state index in [1.54, 1.807) is 35.2 Å². The molecule has 2 heterocycles. The van der Waals surface area contributed by atoms with Crippen molar-refractivity contribution in [2.45, 2.75) is 25.9 Å². The highest BCUT2D eigenvalue weighted by atomic mass is 16.5. The van der Waals surface area contributed by atoms with E-state index in [0.29, 0.717) is 30.1 Å². The third-order valence-electron chi connectivity index (χ3n) is 3.96. The first-order valence-corrected chi connectivity index (χ1v) is 7.92. The van der Waals surface area contributed by atoms with Crippen molar-refractivity contribution in [2.24, 2.45) is 0 Å². The highest BCUT2D eigenvalue weighted by Crippen LogP contribution is 2.18. The van der Waals surface area contributed by atoms with E-state index in [1.807, 2.05) is 13.0 Å². The number of nitriles is 1. The zero-order valence-electron chi connectivity index (χ0n) is 13.5. The molecule has 0 spiro atoms. The maximum Gasteiger partial charge on any atom is 0.254 e. The molecule has 0 saturated carbocycles. The fourth-order valence-corrected chi connectivity index (χ4v) is 2.74. The molecular weight excluding hydrogens is 304 g/mol. The molecule has 0 N–H and O–H groups in total. The van der Waals surface area contributed by atoms with Crippen molar-refractivity contribution >= 4 is 5.91 Å². The summed E-state index contributed by atoms with van der Waals surface area (Å²) in [6, 6.07) is 12.5. The van der Waals surface area contributed by atoms with Crippen molar-refractivity contribution in [3.8, 4) is 11.9 Å². The molecule has 1 fully saturated rings. The summed E-state index contributed by atoms with van der Waals surface area (Å²) in [6.07, 6.45) is 1.64. The number of benzene rings is 1. The van der Waals surface area contributed by atoms with Gasteiger partial charge in [0, 0.05) is 18.2 Å². The summed E-state index contributed by atoms with van der Waals surface area (Å²) in [5.41, 5.74) is 1.85. The summed E-state index contributed by atoms with van der Waals surface area (Å²) >= 11 is 0. The molecule has 0 radical (unpaired) electrons. The van der Waals surface area contributed by atoms with Gasteiger partial charge in [0.05, 0.1) is 23.9 Å². The summed E-state index contributed by atoms with van der Waals surface area (Å²) in [5.74, 6) is 0.404. The van der Waals surface area contributed by atoms with Crippen molar-refractivity contribution in [3.63, 3.8) is 0 Å². The third-order valence-corrected chi connectivity index (χ3v) is 3.96. The molecule has 1 amide bonds. The number of ether oxygens (including phenoxy) is 1. The minimum atomic E-state index is -0.0983. The van der Waals surface area contributed by atoms with E-state index in [9.17, 15) is 4.79 Å². The highest BCUT2D eigenvalue weighted by molar-refractivity contribution is 5.94. The van der Waals surface area contributed by atoms with Crippen LogP contribution in [0.25, 0.3) is 0 Å². The number of hydrogen-bond acceptors (Lipinski definition) is 5. The molecule has 24 heavy (non-hydrogen) atoms. The van der Waals surface area contributed by atoms with Crippen LogP contribution in [0.3, 0.4) is 0 Å². The van der Waals surface area contributed by atoms with E-state index in [2.05, 4.69) is 16.3 Å². The fraction of sp³-hybridized carbons (Fsp3) is 0.333. The second kappa shape index (κ2) is 7.09. The van der Waals surface area contributed by atoms with E-state index < -0.39 is 0 Å². The zero-order valence-corrected chi connectivity index (χ0v) is 13.5. The van der Waals surface area contributed by atoms with Crippen molar-refractivity contribution in [1.82, 2.24) is 15.1 Å². The standard InChI is InChI=1S/C18H18N4O2/c1-13-7-8-17(21-20-13)24-16-6-3-9-22(12-16)18(23)15-5-2-4-14(10-15)11-19/h2,4-5,7-8,10,16H,3,6,9,12H2,1H3/t16-/m1/s1. The predicted octanol–water partition coefficient (Wildman–Crippen LogP) is 2.34. The number of aromatic nitrogens is 2. The largest absolute Gasteiger partial charge is 0.471 e. The van der Waals surface area contributed by atoms with E-state index in [1.165, 1.54) is 0 Å². The summed E-state index contributed by atoms with van der Waals surface area (Å²) in [5, 5.41) is 17.0. The number of aryl methyl sites for hydroxylation is 1. The van der Waals surface area contributed by atoms with Crippen LogP contribution in [-0.4, -0.2) is 40.2 Å². The number of carbonyl (C=O) groups is 1. The minimum absolute atomic E-state index is 0.0737. The van der Waals surface area contributed by atoms with Crippen molar-refractivity contribution in [2.75, 3.05) is 13.1 Å². The second-order valence-corrected chi connectivity index (χ2v) is 5.84. The number of piperidine rings is 1. The predicted molar refractivity (Wildman–Crippen MR) is 87.5 cm³/mol. The van der Waals surface area contributed by atoms with E-state index in [4.69, 9.17) is 10.00 Å². The molecule has 0 unspecified atom stereocenters. The molecule has 1 aliphatic heterocycles. The maximum atomic E-state index is 12.6. The highest BCUT2D eigenvalue weighted by Gasteiger charge is 2.26. The molecule has 0 aliphatic carbocycles. The fourth-order valence-electron chi connectivity index (χ4n) is 2.74. The molecule has 1 saturated heterocycles. The number of likely N-dealkylation sites (tertiary alicyclic amines) is 1. The Balaban J connectivity index is 1.67. The lowest BCUT2D eigenvalue weighted by atomic mass is 10.1. The molecular formula is C18H18N4O2. The van der Waals surface area contributed by atoms with Gasteiger partial charge in [0.15, 0.2) is 0 Å². The molecule has 6 heteroatoms. The lowest BCUT2D eigenvalue weighted by molar-refractivity contribution is 0.0525. The van der Waals surface area contributed by atoms with E-state index in [0.717, 1.165) is 18.5 Å². The van der Waals surface area contributed by atoms with Gasteiger partial charge in [-0.2, -0.15) is 10.4 Å². The van der Waals surface area contributed by atoms with Gasteiger partial charge in [-0.15, -0.1) is 5.10 Å². The topological polar surface area (TPSA) is 79.1 Å². The first kappa shape index (κ1) is 15.9. The van der Waals surface area contributed by atoms with Gasteiger partial charge in [-0.1, -0.05) is 6.07 Å². The van der Waals surface area contributed by atoms with Crippen LogP contribution in [0, 0.1) is 18.3 Å². The van der Waals surface area contributed by atoms with Gasteiger partial charge < -0.3 is 9.64 Å². The van der Waals surface area contributed by atoms with Gasteiger partial charge in [-0.25, -0.2) is 0 Å². The first-order chi connectivity index (χ1) is 11.7. The molecule has 1 aliphatic rings. The molecule has 2 aromatic rings. The molecule has 122 valence electrons. The van der Waals surface area contributed by atoms with Crippen molar-refractivity contribution in [1.29, 1.82) is 5.26 Å².